The molecule has 2 fully saturated rings. The fraction of sp³-hybridized carbons (Fsp3) is 0.556. The fourth-order valence-electron chi connectivity index (χ4n) is 3.00. The van der Waals surface area contributed by atoms with Crippen molar-refractivity contribution in [2.24, 2.45) is 0 Å². The number of hydrogen-bond acceptors (Lipinski definition) is 5. The maximum absolute atomic E-state index is 12.2. The molecule has 7 nitrogen and oxygen atoms in total. The zero-order valence-electron chi connectivity index (χ0n) is 14.7. The monoisotopic (exact) mass is 383 g/mol. The zero-order valence-corrected chi connectivity index (χ0v) is 15.5. The van der Waals surface area contributed by atoms with Crippen LogP contribution in [0.1, 0.15) is 29.6 Å². The SMILES string of the molecule is Cl.O=C(CC1COCCN1)Nc1ccc(C(=O)NC2CCOCC2)cc1. The highest BCUT2D eigenvalue weighted by molar-refractivity contribution is 5.96. The molecule has 144 valence electrons. The van der Waals surface area contributed by atoms with Gasteiger partial charge in [0.2, 0.25) is 5.91 Å². The molecule has 3 rings (SSSR count). The first-order valence-corrected chi connectivity index (χ1v) is 8.80. The Hall–Kier alpha value is -1.67. The molecule has 0 aliphatic carbocycles. The molecule has 0 bridgehead atoms. The first-order valence-electron chi connectivity index (χ1n) is 8.80. The van der Waals surface area contributed by atoms with Gasteiger partial charge < -0.3 is 25.4 Å². The third-order valence-corrected chi connectivity index (χ3v) is 4.42. The summed E-state index contributed by atoms with van der Waals surface area (Å²) >= 11 is 0. The normalized spacial score (nSPS) is 20.7. The molecule has 1 aromatic rings. The minimum Gasteiger partial charge on any atom is -0.381 e. The van der Waals surface area contributed by atoms with Gasteiger partial charge in [-0.1, -0.05) is 0 Å². The van der Waals surface area contributed by atoms with Crippen molar-refractivity contribution in [1.29, 1.82) is 0 Å². The van der Waals surface area contributed by atoms with Crippen molar-refractivity contribution in [2.75, 3.05) is 38.3 Å². The van der Waals surface area contributed by atoms with Gasteiger partial charge in [-0.05, 0) is 37.1 Å². The van der Waals surface area contributed by atoms with Crippen LogP contribution in [0.15, 0.2) is 24.3 Å². The molecule has 0 saturated carbocycles. The highest BCUT2D eigenvalue weighted by atomic mass is 35.5. The van der Waals surface area contributed by atoms with Gasteiger partial charge in [-0.25, -0.2) is 0 Å². The molecule has 26 heavy (non-hydrogen) atoms. The summed E-state index contributed by atoms with van der Waals surface area (Å²) in [5.41, 5.74) is 1.27. The Balaban J connectivity index is 0.00000243. The second-order valence-electron chi connectivity index (χ2n) is 6.42. The van der Waals surface area contributed by atoms with Crippen molar-refractivity contribution in [1.82, 2.24) is 10.6 Å². The van der Waals surface area contributed by atoms with Crippen molar-refractivity contribution >= 4 is 29.9 Å². The van der Waals surface area contributed by atoms with Crippen LogP contribution < -0.4 is 16.0 Å². The minimum absolute atomic E-state index is 0. The lowest BCUT2D eigenvalue weighted by atomic mass is 10.1. The lowest BCUT2D eigenvalue weighted by molar-refractivity contribution is -0.117. The maximum Gasteiger partial charge on any atom is 0.251 e. The summed E-state index contributed by atoms with van der Waals surface area (Å²) in [5, 5.41) is 9.13. The van der Waals surface area contributed by atoms with Crippen LogP contribution in [-0.4, -0.2) is 56.9 Å². The first kappa shape index (κ1) is 20.6. The number of morpholine rings is 1. The summed E-state index contributed by atoms with van der Waals surface area (Å²) in [6, 6.07) is 7.19. The van der Waals surface area contributed by atoms with Crippen LogP contribution in [0.3, 0.4) is 0 Å². The number of hydrogen-bond donors (Lipinski definition) is 3. The largest absolute Gasteiger partial charge is 0.381 e. The van der Waals surface area contributed by atoms with Gasteiger partial charge in [0.15, 0.2) is 0 Å². The summed E-state index contributed by atoms with van der Waals surface area (Å²) in [5.74, 6) is -0.157. The zero-order chi connectivity index (χ0) is 17.5. The standard InChI is InChI=1S/C18H25N3O4.ClH/c22-17(11-16-12-25-10-7-19-16)20-14-3-1-13(2-4-14)18(23)21-15-5-8-24-9-6-15;/h1-4,15-16,19H,5-12H2,(H,20,22)(H,21,23);1H. The quantitative estimate of drug-likeness (QED) is 0.714. The minimum atomic E-state index is -0.0895. The average Bonchev–Trinajstić information content (AvgIpc) is 2.64. The Morgan fingerprint density at radius 1 is 1.08 bits per heavy atom. The van der Waals surface area contributed by atoms with Crippen molar-refractivity contribution in [3.05, 3.63) is 29.8 Å². The molecule has 2 aliphatic heterocycles. The van der Waals surface area contributed by atoms with E-state index in [0.717, 1.165) is 19.4 Å². The highest BCUT2D eigenvalue weighted by Crippen LogP contribution is 2.12. The second-order valence-corrected chi connectivity index (χ2v) is 6.42. The van der Waals surface area contributed by atoms with Gasteiger partial charge in [0.1, 0.15) is 0 Å². The predicted molar refractivity (Wildman–Crippen MR) is 101 cm³/mol. The van der Waals surface area contributed by atoms with E-state index in [2.05, 4.69) is 16.0 Å². The van der Waals surface area contributed by atoms with Crippen molar-refractivity contribution < 1.29 is 19.1 Å². The molecule has 0 radical (unpaired) electrons. The number of ether oxygens (including phenoxy) is 2. The van der Waals surface area contributed by atoms with E-state index in [1.165, 1.54) is 0 Å². The molecule has 1 atom stereocenters. The van der Waals surface area contributed by atoms with Gasteiger partial charge in [-0.3, -0.25) is 9.59 Å². The van der Waals surface area contributed by atoms with E-state index in [1.807, 2.05) is 0 Å². The Morgan fingerprint density at radius 3 is 2.46 bits per heavy atom. The average molecular weight is 384 g/mol. The fourth-order valence-corrected chi connectivity index (χ4v) is 3.00. The van der Waals surface area contributed by atoms with Crippen LogP contribution in [0.4, 0.5) is 5.69 Å². The summed E-state index contributed by atoms with van der Waals surface area (Å²) < 4.78 is 10.6. The number of rotatable bonds is 5. The molecule has 1 unspecified atom stereocenters. The van der Waals surface area contributed by atoms with Gasteiger partial charge in [-0.15, -0.1) is 12.4 Å². The summed E-state index contributed by atoms with van der Waals surface area (Å²) in [7, 11) is 0. The van der Waals surface area contributed by atoms with Gasteiger partial charge in [0, 0.05) is 49.5 Å². The van der Waals surface area contributed by atoms with Crippen LogP contribution in [-0.2, 0) is 14.3 Å². The van der Waals surface area contributed by atoms with Crippen LogP contribution in [0, 0.1) is 0 Å². The van der Waals surface area contributed by atoms with Crippen molar-refractivity contribution in [3.8, 4) is 0 Å². The number of halogens is 1. The van der Waals surface area contributed by atoms with E-state index in [9.17, 15) is 9.59 Å². The molecular weight excluding hydrogens is 358 g/mol. The van der Waals surface area contributed by atoms with E-state index >= 15 is 0 Å². The van der Waals surface area contributed by atoms with Crippen LogP contribution in [0.5, 0.6) is 0 Å². The molecule has 2 heterocycles. The van der Waals surface area contributed by atoms with Crippen LogP contribution in [0.2, 0.25) is 0 Å². The number of carbonyl (C=O) groups excluding carboxylic acids is 2. The Morgan fingerprint density at radius 2 is 1.81 bits per heavy atom. The molecule has 2 saturated heterocycles. The molecule has 2 amide bonds. The van der Waals surface area contributed by atoms with E-state index in [-0.39, 0.29) is 36.3 Å². The van der Waals surface area contributed by atoms with Crippen LogP contribution in [0.25, 0.3) is 0 Å². The number of benzene rings is 1. The van der Waals surface area contributed by atoms with E-state index in [0.29, 0.717) is 44.1 Å². The lowest BCUT2D eigenvalue weighted by Crippen LogP contribution is -2.43. The molecule has 1 aromatic carbocycles. The van der Waals surface area contributed by atoms with Gasteiger partial charge in [0.25, 0.3) is 5.91 Å². The number of nitrogens with one attached hydrogen (secondary N) is 3. The summed E-state index contributed by atoms with van der Waals surface area (Å²) in [6.07, 6.45) is 2.06. The Bertz CT molecular complexity index is 585. The smallest absolute Gasteiger partial charge is 0.251 e. The van der Waals surface area contributed by atoms with Gasteiger partial charge in [0.05, 0.1) is 13.2 Å². The second kappa shape index (κ2) is 10.5. The first-order chi connectivity index (χ1) is 12.2. The third-order valence-electron chi connectivity index (χ3n) is 4.42. The van der Waals surface area contributed by atoms with E-state index < -0.39 is 0 Å². The lowest BCUT2D eigenvalue weighted by Gasteiger charge is -2.23. The molecular formula is C18H26ClN3O4. The Kier molecular flexibility index (Phi) is 8.31. The highest BCUT2D eigenvalue weighted by Gasteiger charge is 2.18. The van der Waals surface area contributed by atoms with Crippen molar-refractivity contribution in [3.63, 3.8) is 0 Å². The molecule has 3 N–H and O–H groups in total. The summed E-state index contributed by atoms with van der Waals surface area (Å²) in [4.78, 5) is 24.3. The number of anilines is 1. The number of carbonyl (C=O) groups is 2. The van der Waals surface area contributed by atoms with Crippen molar-refractivity contribution in [2.45, 2.75) is 31.3 Å². The van der Waals surface area contributed by atoms with E-state index in [1.54, 1.807) is 24.3 Å². The summed E-state index contributed by atoms with van der Waals surface area (Å²) in [6.45, 7) is 3.40. The van der Waals surface area contributed by atoms with E-state index in [4.69, 9.17) is 9.47 Å². The molecule has 8 heteroatoms. The molecule has 2 aliphatic rings. The van der Waals surface area contributed by atoms with Gasteiger partial charge in [-0.2, -0.15) is 0 Å². The third kappa shape index (κ3) is 6.25. The van der Waals surface area contributed by atoms with Gasteiger partial charge >= 0.3 is 0 Å². The Labute approximate surface area is 159 Å². The maximum atomic E-state index is 12.2. The molecule has 0 aromatic heterocycles. The van der Waals surface area contributed by atoms with Crippen LogP contribution >= 0.6 is 12.4 Å². The molecule has 0 spiro atoms. The number of amides is 2. The predicted octanol–water partition coefficient (Wildman–Crippen LogP) is 1.33. The topological polar surface area (TPSA) is 88.7 Å².